The average Bonchev–Trinajstić information content (AvgIpc) is 2.37. The van der Waals surface area contributed by atoms with Crippen molar-refractivity contribution in [3.8, 4) is 5.75 Å². The maximum absolute atomic E-state index is 5.49. The zero-order valence-corrected chi connectivity index (χ0v) is 10.2. The summed E-state index contributed by atoms with van der Waals surface area (Å²) in [4.78, 5) is 4.50. The number of fused-ring (bicyclic) bond motifs is 1. The lowest BCUT2D eigenvalue weighted by atomic mass is 10.1. The van der Waals surface area contributed by atoms with Gasteiger partial charge in [0.25, 0.3) is 0 Å². The maximum Gasteiger partial charge on any atom is 0.143 e. The minimum atomic E-state index is 0.754. The SMILES string of the molecule is CCCc1cc2cc(OC)ccc2nc1NN. The molecule has 0 atom stereocenters. The van der Waals surface area contributed by atoms with Crippen molar-refractivity contribution < 1.29 is 4.74 Å². The fourth-order valence-electron chi connectivity index (χ4n) is 1.91. The third kappa shape index (κ3) is 2.31. The number of aromatic nitrogens is 1. The van der Waals surface area contributed by atoms with E-state index in [1.165, 1.54) is 0 Å². The van der Waals surface area contributed by atoms with Gasteiger partial charge in [0.05, 0.1) is 12.6 Å². The van der Waals surface area contributed by atoms with Crippen LogP contribution in [-0.2, 0) is 6.42 Å². The van der Waals surface area contributed by atoms with E-state index in [1.54, 1.807) is 7.11 Å². The standard InChI is InChI=1S/C13H17N3O/c1-3-4-9-7-10-8-11(17-2)5-6-12(10)15-13(9)16-14/h5-8H,3-4,14H2,1-2H3,(H,15,16). The number of nitrogens with one attached hydrogen (secondary N) is 1. The summed E-state index contributed by atoms with van der Waals surface area (Å²) >= 11 is 0. The summed E-state index contributed by atoms with van der Waals surface area (Å²) < 4.78 is 5.21. The van der Waals surface area contributed by atoms with Gasteiger partial charge in [0.1, 0.15) is 11.6 Å². The monoisotopic (exact) mass is 231 g/mol. The molecule has 1 aromatic heterocycles. The first-order valence-corrected chi connectivity index (χ1v) is 5.72. The van der Waals surface area contributed by atoms with Crippen LogP contribution in [-0.4, -0.2) is 12.1 Å². The maximum atomic E-state index is 5.49. The molecule has 1 aromatic carbocycles. The van der Waals surface area contributed by atoms with E-state index >= 15 is 0 Å². The Bertz CT molecular complexity index is 525. The van der Waals surface area contributed by atoms with Gasteiger partial charge in [-0.2, -0.15) is 0 Å². The van der Waals surface area contributed by atoms with Crippen LogP contribution in [0.1, 0.15) is 18.9 Å². The van der Waals surface area contributed by atoms with Crippen molar-refractivity contribution in [3.05, 3.63) is 29.8 Å². The number of nitrogens with zero attached hydrogens (tertiary/aromatic N) is 1. The summed E-state index contributed by atoms with van der Waals surface area (Å²) in [5, 5.41) is 1.08. The Morgan fingerprint density at radius 3 is 2.82 bits per heavy atom. The summed E-state index contributed by atoms with van der Waals surface area (Å²) in [5.74, 6) is 7.09. The number of rotatable bonds is 4. The summed E-state index contributed by atoms with van der Waals surface area (Å²) in [7, 11) is 1.66. The van der Waals surface area contributed by atoms with E-state index in [-0.39, 0.29) is 0 Å². The zero-order valence-electron chi connectivity index (χ0n) is 10.2. The van der Waals surface area contributed by atoms with Crippen LogP contribution in [0.4, 0.5) is 5.82 Å². The van der Waals surface area contributed by atoms with Gasteiger partial charge >= 0.3 is 0 Å². The van der Waals surface area contributed by atoms with Crippen molar-refractivity contribution in [1.29, 1.82) is 0 Å². The van der Waals surface area contributed by atoms with E-state index in [0.717, 1.165) is 40.9 Å². The van der Waals surface area contributed by atoms with Crippen LogP contribution in [0.15, 0.2) is 24.3 Å². The van der Waals surface area contributed by atoms with Crippen LogP contribution in [0.25, 0.3) is 10.9 Å². The number of aryl methyl sites for hydroxylation is 1. The Morgan fingerprint density at radius 1 is 1.35 bits per heavy atom. The fraction of sp³-hybridized carbons (Fsp3) is 0.308. The number of nitrogens with two attached hydrogens (primary N) is 1. The molecule has 1 heterocycles. The summed E-state index contributed by atoms with van der Waals surface area (Å²) in [6.45, 7) is 2.13. The summed E-state index contributed by atoms with van der Waals surface area (Å²) in [6, 6.07) is 7.94. The molecule has 0 aliphatic carbocycles. The number of hydrogen-bond donors (Lipinski definition) is 2. The fourth-order valence-corrected chi connectivity index (χ4v) is 1.91. The molecular formula is C13H17N3O. The van der Waals surface area contributed by atoms with Crippen LogP contribution in [0.2, 0.25) is 0 Å². The van der Waals surface area contributed by atoms with Gasteiger partial charge in [0, 0.05) is 5.39 Å². The van der Waals surface area contributed by atoms with Crippen LogP contribution < -0.4 is 16.0 Å². The highest BCUT2D eigenvalue weighted by Crippen LogP contribution is 2.24. The van der Waals surface area contributed by atoms with Crippen molar-refractivity contribution >= 4 is 16.7 Å². The molecule has 0 radical (unpaired) electrons. The minimum absolute atomic E-state index is 0.754. The molecular weight excluding hydrogens is 214 g/mol. The first-order chi connectivity index (χ1) is 8.28. The molecule has 0 amide bonds. The van der Waals surface area contributed by atoms with E-state index < -0.39 is 0 Å². The van der Waals surface area contributed by atoms with Gasteiger partial charge in [-0.05, 0) is 36.2 Å². The number of pyridine rings is 1. The van der Waals surface area contributed by atoms with Gasteiger partial charge in [-0.25, -0.2) is 10.8 Å². The van der Waals surface area contributed by atoms with Crippen molar-refractivity contribution in [1.82, 2.24) is 4.98 Å². The lowest BCUT2D eigenvalue weighted by Gasteiger charge is -2.09. The Hall–Kier alpha value is -1.81. The van der Waals surface area contributed by atoms with E-state index in [2.05, 4.69) is 23.4 Å². The molecule has 90 valence electrons. The predicted octanol–water partition coefficient (Wildman–Crippen LogP) is 2.48. The first-order valence-electron chi connectivity index (χ1n) is 5.72. The second-order valence-corrected chi connectivity index (χ2v) is 3.95. The van der Waals surface area contributed by atoms with E-state index in [1.807, 2.05) is 18.2 Å². The quantitative estimate of drug-likeness (QED) is 0.627. The number of ether oxygens (including phenoxy) is 1. The predicted molar refractivity (Wildman–Crippen MR) is 70.1 cm³/mol. The summed E-state index contributed by atoms with van der Waals surface area (Å²) in [5.41, 5.74) is 4.71. The third-order valence-corrected chi connectivity index (χ3v) is 2.76. The number of hydrazine groups is 1. The van der Waals surface area contributed by atoms with Gasteiger partial charge in [-0.15, -0.1) is 0 Å². The minimum Gasteiger partial charge on any atom is -0.497 e. The van der Waals surface area contributed by atoms with Crippen LogP contribution in [0.3, 0.4) is 0 Å². The normalized spacial score (nSPS) is 10.5. The van der Waals surface area contributed by atoms with Gasteiger partial charge in [-0.3, -0.25) is 0 Å². The lowest BCUT2D eigenvalue weighted by molar-refractivity contribution is 0.415. The van der Waals surface area contributed by atoms with Gasteiger partial charge < -0.3 is 10.2 Å². The Labute approximate surface area is 101 Å². The molecule has 4 nitrogen and oxygen atoms in total. The Balaban J connectivity index is 2.57. The molecule has 0 saturated heterocycles. The smallest absolute Gasteiger partial charge is 0.143 e. The lowest BCUT2D eigenvalue weighted by Crippen LogP contribution is -2.11. The highest BCUT2D eigenvalue weighted by atomic mass is 16.5. The van der Waals surface area contributed by atoms with E-state index in [4.69, 9.17) is 10.6 Å². The molecule has 0 unspecified atom stereocenters. The van der Waals surface area contributed by atoms with Crippen LogP contribution in [0, 0.1) is 0 Å². The molecule has 0 aliphatic rings. The van der Waals surface area contributed by atoms with Crippen LogP contribution in [0.5, 0.6) is 5.75 Å². The molecule has 3 N–H and O–H groups in total. The van der Waals surface area contributed by atoms with Crippen molar-refractivity contribution in [2.75, 3.05) is 12.5 Å². The number of methoxy groups -OCH3 is 1. The molecule has 0 aliphatic heterocycles. The molecule has 4 heteroatoms. The van der Waals surface area contributed by atoms with Crippen LogP contribution >= 0.6 is 0 Å². The van der Waals surface area contributed by atoms with E-state index in [9.17, 15) is 0 Å². The first kappa shape index (κ1) is 11.7. The van der Waals surface area contributed by atoms with Crippen molar-refractivity contribution in [3.63, 3.8) is 0 Å². The number of benzene rings is 1. The van der Waals surface area contributed by atoms with Crippen molar-refractivity contribution in [2.45, 2.75) is 19.8 Å². The number of anilines is 1. The molecule has 0 spiro atoms. The van der Waals surface area contributed by atoms with Gasteiger partial charge in [-0.1, -0.05) is 13.3 Å². The van der Waals surface area contributed by atoms with Gasteiger partial charge in [0.15, 0.2) is 0 Å². The summed E-state index contributed by atoms with van der Waals surface area (Å²) in [6.07, 6.45) is 2.02. The molecule has 17 heavy (non-hydrogen) atoms. The molecule has 0 fully saturated rings. The highest BCUT2D eigenvalue weighted by Gasteiger charge is 2.06. The molecule has 2 aromatic rings. The zero-order chi connectivity index (χ0) is 12.3. The third-order valence-electron chi connectivity index (χ3n) is 2.76. The Morgan fingerprint density at radius 2 is 2.18 bits per heavy atom. The second kappa shape index (κ2) is 5.01. The number of hydrogen-bond acceptors (Lipinski definition) is 4. The second-order valence-electron chi connectivity index (χ2n) is 3.95. The average molecular weight is 231 g/mol. The van der Waals surface area contributed by atoms with E-state index in [0.29, 0.717) is 0 Å². The van der Waals surface area contributed by atoms with Crippen molar-refractivity contribution in [2.24, 2.45) is 5.84 Å². The Kier molecular flexibility index (Phi) is 3.44. The van der Waals surface area contributed by atoms with Gasteiger partial charge in [0.2, 0.25) is 0 Å². The largest absolute Gasteiger partial charge is 0.497 e. The topological polar surface area (TPSA) is 60.2 Å². The highest BCUT2D eigenvalue weighted by molar-refractivity contribution is 5.83. The molecule has 0 bridgehead atoms. The number of nitrogen functional groups attached to an aromatic ring is 1. The molecule has 2 rings (SSSR count). The molecule has 0 saturated carbocycles.